The summed E-state index contributed by atoms with van der Waals surface area (Å²) in [6.45, 7) is 4.82. The van der Waals surface area contributed by atoms with Crippen molar-refractivity contribution in [1.29, 1.82) is 0 Å². The third kappa shape index (κ3) is 4.55. The van der Waals surface area contributed by atoms with Gasteiger partial charge in [0.2, 0.25) is 0 Å². The van der Waals surface area contributed by atoms with Crippen molar-refractivity contribution in [3.05, 3.63) is 58.0 Å². The van der Waals surface area contributed by atoms with E-state index in [9.17, 15) is 14.3 Å². The molecule has 3 aromatic rings. The Balaban J connectivity index is 0.000000142. The van der Waals surface area contributed by atoms with Crippen LogP contribution in [0.1, 0.15) is 31.0 Å². The van der Waals surface area contributed by atoms with Crippen LogP contribution in [0.25, 0.3) is 11.0 Å². The lowest BCUT2D eigenvalue weighted by molar-refractivity contribution is 0.0462. The highest BCUT2D eigenvalue weighted by atomic mass is 32.2. The average Bonchev–Trinajstić information content (AvgIpc) is 3.40. The number of aromatic nitrogens is 3. The highest BCUT2D eigenvalue weighted by Crippen LogP contribution is 2.36. The molecule has 3 aliphatic rings. The highest BCUT2D eigenvalue weighted by Gasteiger charge is 2.37. The van der Waals surface area contributed by atoms with Crippen molar-refractivity contribution >= 4 is 22.8 Å². The van der Waals surface area contributed by atoms with E-state index in [1.54, 1.807) is 17.8 Å². The summed E-state index contributed by atoms with van der Waals surface area (Å²) in [6.07, 6.45) is 5.39. The van der Waals surface area contributed by atoms with Crippen LogP contribution in [0, 0.1) is 5.82 Å². The van der Waals surface area contributed by atoms with E-state index in [1.165, 1.54) is 48.4 Å². The second-order valence-corrected chi connectivity index (χ2v) is 10.2. The topological polar surface area (TPSA) is 92.5 Å². The molecule has 10 heteroatoms. The molecule has 34 heavy (non-hydrogen) atoms. The molecule has 0 spiro atoms. The molecule has 0 saturated carbocycles. The lowest BCUT2D eigenvalue weighted by Gasteiger charge is -2.29. The Labute approximate surface area is 201 Å². The molecule has 2 N–H and O–H groups in total. The van der Waals surface area contributed by atoms with Crippen molar-refractivity contribution in [3.63, 3.8) is 0 Å². The van der Waals surface area contributed by atoms with Crippen LogP contribution in [0.2, 0.25) is 0 Å². The molecule has 6 rings (SSSR count). The number of halogens is 1. The van der Waals surface area contributed by atoms with Gasteiger partial charge < -0.3 is 24.6 Å². The zero-order chi connectivity index (χ0) is 23.9. The lowest BCUT2D eigenvalue weighted by Crippen LogP contribution is -2.40. The van der Waals surface area contributed by atoms with Gasteiger partial charge in [0.15, 0.2) is 5.75 Å². The fraction of sp³-hybridized carbons (Fsp3) is 0.458. The van der Waals surface area contributed by atoms with Gasteiger partial charge in [0, 0.05) is 24.2 Å². The number of pyridine rings is 3. The van der Waals surface area contributed by atoms with E-state index >= 15 is 0 Å². The molecule has 0 amide bonds. The second-order valence-electron chi connectivity index (χ2n) is 9.23. The number of rotatable bonds is 3. The molecule has 0 radical (unpaired) electrons. The fourth-order valence-electron chi connectivity index (χ4n) is 4.70. The van der Waals surface area contributed by atoms with E-state index in [0.717, 1.165) is 30.1 Å². The number of thioether (sulfide) groups is 1. The SMILES string of the molecule is CC1(O)Cn2c(=O)ccc3ncc(F)c1c32.CN1CCC(NCc2cc3c(cn2)OCS3)CC1. The summed E-state index contributed by atoms with van der Waals surface area (Å²) in [7, 11) is 2.19. The minimum absolute atomic E-state index is 0.0706. The minimum Gasteiger partial charge on any atom is -0.480 e. The lowest BCUT2D eigenvalue weighted by atomic mass is 9.99. The quantitative estimate of drug-likeness (QED) is 0.585. The first kappa shape index (κ1) is 23.2. The summed E-state index contributed by atoms with van der Waals surface area (Å²) >= 11 is 1.75. The van der Waals surface area contributed by atoms with Crippen molar-refractivity contribution in [2.45, 2.75) is 49.4 Å². The van der Waals surface area contributed by atoms with Crippen LogP contribution in [0.4, 0.5) is 4.39 Å². The number of nitrogens with one attached hydrogen (secondary N) is 1. The summed E-state index contributed by atoms with van der Waals surface area (Å²) < 4.78 is 20.4. The normalized spacial score (nSPS) is 21.8. The van der Waals surface area contributed by atoms with Gasteiger partial charge in [-0.3, -0.25) is 14.8 Å². The van der Waals surface area contributed by atoms with E-state index in [0.29, 0.717) is 17.1 Å². The number of ether oxygens (including phenoxy) is 1. The van der Waals surface area contributed by atoms with Gasteiger partial charge >= 0.3 is 0 Å². The molecule has 1 fully saturated rings. The fourth-order valence-corrected chi connectivity index (χ4v) is 5.48. The first-order valence-electron chi connectivity index (χ1n) is 11.4. The van der Waals surface area contributed by atoms with E-state index < -0.39 is 11.4 Å². The van der Waals surface area contributed by atoms with E-state index in [-0.39, 0.29) is 17.7 Å². The zero-order valence-electron chi connectivity index (χ0n) is 19.3. The largest absolute Gasteiger partial charge is 0.480 e. The van der Waals surface area contributed by atoms with Crippen LogP contribution in [-0.2, 0) is 18.7 Å². The molecule has 180 valence electrons. The summed E-state index contributed by atoms with van der Waals surface area (Å²) in [6, 6.07) is 5.70. The molecule has 1 unspecified atom stereocenters. The molecule has 0 bridgehead atoms. The number of fused-ring (bicyclic) bond motifs is 1. The monoisotopic (exact) mass is 485 g/mol. The third-order valence-electron chi connectivity index (χ3n) is 6.57. The molecular formula is C24H28FN5O3S. The van der Waals surface area contributed by atoms with Crippen LogP contribution in [0.3, 0.4) is 0 Å². The molecule has 0 aliphatic carbocycles. The molecule has 1 atom stereocenters. The summed E-state index contributed by atoms with van der Waals surface area (Å²) in [5, 5.41) is 13.7. The van der Waals surface area contributed by atoms with E-state index in [2.05, 4.69) is 33.3 Å². The smallest absolute Gasteiger partial charge is 0.251 e. The van der Waals surface area contributed by atoms with Gasteiger partial charge in [0.1, 0.15) is 17.4 Å². The molecule has 8 nitrogen and oxygen atoms in total. The summed E-state index contributed by atoms with van der Waals surface area (Å²) in [5.74, 6) is 1.08. The second kappa shape index (κ2) is 9.26. The maximum Gasteiger partial charge on any atom is 0.251 e. The van der Waals surface area contributed by atoms with Crippen LogP contribution in [0.5, 0.6) is 5.75 Å². The summed E-state index contributed by atoms with van der Waals surface area (Å²) in [4.78, 5) is 23.6. The highest BCUT2D eigenvalue weighted by molar-refractivity contribution is 7.99. The van der Waals surface area contributed by atoms with Gasteiger partial charge in [-0.2, -0.15) is 0 Å². The van der Waals surface area contributed by atoms with Gasteiger partial charge in [-0.15, -0.1) is 0 Å². The number of aliphatic hydroxyl groups is 1. The molecule has 3 aromatic heterocycles. The van der Waals surface area contributed by atoms with Crippen LogP contribution in [0.15, 0.2) is 40.3 Å². The van der Waals surface area contributed by atoms with Crippen LogP contribution in [-0.4, -0.2) is 56.7 Å². The van der Waals surface area contributed by atoms with E-state index in [1.807, 2.05) is 6.20 Å². The van der Waals surface area contributed by atoms with Gasteiger partial charge in [0.05, 0.1) is 40.6 Å². The zero-order valence-corrected chi connectivity index (χ0v) is 20.1. The van der Waals surface area contributed by atoms with E-state index in [4.69, 9.17) is 4.74 Å². The predicted molar refractivity (Wildman–Crippen MR) is 128 cm³/mol. The van der Waals surface area contributed by atoms with Gasteiger partial charge in [-0.1, -0.05) is 11.8 Å². The average molecular weight is 486 g/mol. The van der Waals surface area contributed by atoms with Crippen molar-refractivity contribution in [1.82, 2.24) is 24.8 Å². The van der Waals surface area contributed by atoms with Crippen molar-refractivity contribution < 1.29 is 14.2 Å². The standard InChI is InChI=1S/C13H19N3OS.C11H9FN2O2/c1-16-4-2-10(3-5-16)14-7-11-6-13-12(8-15-11)17-9-18-13;1-11(16)5-14-8(15)3-2-7-10(14)9(11)6(12)4-13-7/h6,8,10,14H,2-5,7,9H2,1H3;2-4,16H,5H2,1H3. The number of nitrogens with zero attached hydrogens (tertiary/aromatic N) is 4. The van der Waals surface area contributed by atoms with Crippen LogP contribution < -0.4 is 15.6 Å². The Bertz CT molecular complexity index is 1270. The Hall–Kier alpha value is -2.53. The van der Waals surface area contributed by atoms with Gasteiger partial charge in [-0.05, 0) is 52.0 Å². The molecule has 6 heterocycles. The first-order chi connectivity index (χ1) is 16.3. The molecule has 0 aromatic carbocycles. The molecule has 1 saturated heterocycles. The first-order valence-corrected chi connectivity index (χ1v) is 12.4. The maximum absolute atomic E-state index is 13.6. The van der Waals surface area contributed by atoms with Gasteiger partial charge in [0.25, 0.3) is 5.56 Å². The van der Waals surface area contributed by atoms with Crippen LogP contribution >= 0.6 is 11.8 Å². The minimum atomic E-state index is -1.35. The third-order valence-corrected chi connectivity index (χ3v) is 7.43. The Morgan fingerprint density at radius 2 is 2.09 bits per heavy atom. The molecule has 3 aliphatic heterocycles. The number of piperidine rings is 1. The number of likely N-dealkylation sites (tertiary alicyclic amines) is 1. The van der Waals surface area contributed by atoms with Gasteiger partial charge in [-0.25, -0.2) is 4.39 Å². The van der Waals surface area contributed by atoms with Crippen molar-refractivity contribution in [3.8, 4) is 5.75 Å². The predicted octanol–water partition coefficient (Wildman–Crippen LogP) is 2.46. The number of hydrogen-bond donors (Lipinski definition) is 2. The Morgan fingerprint density at radius 1 is 1.29 bits per heavy atom. The molecular weight excluding hydrogens is 457 g/mol. The van der Waals surface area contributed by atoms with Crippen molar-refractivity contribution in [2.24, 2.45) is 0 Å². The maximum atomic E-state index is 13.6. The van der Waals surface area contributed by atoms with Crippen molar-refractivity contribution in [2.75, 3.05) is 26.1 Å². The number of hydrogen-bond acceptors (Lipinski definition) is 8. The Kier molecular flexibility index (Phi) is 6.32. The summed E-state index contributed by atoms with van der Waals surface area (Å²) in [5.41, 5.74) is 0.602. The Morgan fingerprint density at radius 3 is 2.88 bits per heavy atom.